The third-order valence-corrected chi connectivity index (χ3v) is 3.61. The van der Waals surface area contributed by atoms with Crippen molar-refractivity contribution in [2.45, 2.75) is 26.3 Å². The average Bonchev–Trinajstić information content (AvgIpc) is 2.77. The third kappa shape index (κ3) is 4.09. The van der Waals surface area contributed by atoms with Gasteiger partial charge in [0.05, 0.1) is 10.9 Å². The van der Waals surface area contributed by atoms with Crippen LogP contribution in [0.15, 0.2) is 16.8 Å². The van der Waals surface area contributed by atoms with Gasteiger partial charge in [-0.3, -0.25) is 4.79 Å². The Hall–Kier alpha value is -0.940. The molecule has 1 atom stereocenters. The summed E-state index contributed by atoms with van der Waals surface area (Å²) in [4.78, 5) is 14.2. The molecule has 1 amide bonds. The van der Waals surface area contributed by atoms with Gasteiger partial charge in [0.15, 0.2) is 0 Å². The average molecular weight is 270 g/mol. The van der Waals surface area contributed by atoms with Gasteiger partial charge in [0.1, 0.15) is 0 Å². The highest BCUT2D eigenvalue weighted by molar-refractivity contribution is 7.80. The first-order valence-corrected chi connectivity index (χ1v) is 6.96. The van der Waals surface area contributed by atoms with Crippen LogP contribution in [0.3, 0.4) is 0 Å². The molecule has 0 saturated carbocycles. The number of nitrogens with two attached hydrogens (primary N) is 1. The van der Waals surface area contributed by atoms with Crippen molar-refractivity contribution in [1.29, 1.82) is 0 Å². The highest BCUT2D eigenvalue weighted by Gasteiger charge is 2.23. The summed E-state index contributed by atoms with van der Waals surface area (Å²) in [6, 6.07) is 2.02. The molecule has 1 heterocycles. The Balaban J connectivity index is 2.63. The minimum absolute atomic E-state index is 0.0190. The molecular weight excluding hydrogens is 252 g/mol. The van der Waals surface area contributed by atoms with Crippen molar-refractivity contribution in [3.63, 3.8) is 0 Å². The first-order valence-electron chi connectivity index (χ1n) is 5.61. The minimum Gasteiger partial charge on any atom is -0.393 e. The maximum absolute atomic E-state index is 12.2. The topological polar surface area (TPSA) is 46.3 Å². The van der Waals surface area contributed by atoms with Crippen LogP contribution in [0.1, 0.15) is 25.3 Å². The van der Waals surface area contributed by atoms with Gasteiger partial charge in [0.2, 0.25) is 5.91 Å². The molecule has 0 spiro atoms. The highest BCUT2D eigenvalue weighted by Crippen LogP contribution is 2.14. The molecule has 5 heteroatoms. The van der Waals surface area contributed by atoms with Gasteiger partial charge in [-0.2, -0.15) is 11.3 Å². The van der Waals surface area contributed by atoms with Crippen molar-refractivity contribution in [3.8, 4) is 0 Å². The zero-order valence-electron chi connectivity index (χ0n) is 10.2. The number of thiocarbonyl (C=S) groups is 1. The maximum Gasteiger partial charge on any atom is 0.232 e. The zero-order chi connectivity index (χ0) is 12.8. The Morgan fingerprint density at radius 3 is 2.82 bits per heavy atom. The number of thiophene rings is 1. The molecule has 0 aromatic carbocycles. The van der Waals surface area contributed by atoms with E-state index in [0.29, 0.717) is 11.5 Å². The molecular formula is C12H18N2OS2. The van der Waals surface area contributed by atoms with Crippen LogP contribution in [0.5, 0.6) is 0 Å². The van der Waals surface area contributed by atoms with Gasteiger partial charge in [-0.05, 0) is 28.8 Å². The number of amides is 1. The van der Waals surface area contributed by atoms with E-state index in [1.165, 1.54) is 0 Å². The van der Waals surface area contributed by atoms with Gasteiger partial charge >= 0.3 is 0 Å². The van der Waals surface area contributed by atoms with E-state index in [1.54, 1.807) is 23.3 Å². The van der Waals surface area contributed by atoms with Gasteiger partial charge in [-0.25, -0.2) is 0 Å². The van der Waals surface area contributed by atoms with Crippen LogP contribution < -0.4 is 5.73 Å². The molecule has 3 nitrogen and oxygen atoms in total. The molecule has 1 aromatic rings. The second-order valence-corrected chi connectivity index (χ2v) is 5.32. The van der Waals surface area contributed by atoms with E-state index >= 15 is 0 Å². The molecule has 2 N–H and O–H groups in total. The summed E-state index contributed by atoms with van der Waals surface area (Å²) in [5.41, 5.74) is 6.76. The highest BCUT2D eigenvalue weighted by atomic mass is 32.1. The van der Waals surface area contributed by atoms with Crippen LogP contribution >= 0.6 is 23.6 Å². The lowest BCUT2D eigenvalue weighted by atomic mass is 10.0. The number of hydrogen-bond acceptors (Lipinski definition) is 3. The molecule has 1 rings (SSSR count). The standard InChI is InChI=1S/C12H18N2OS2/c1-3-4-10(11(13)16)12(15)14(2)7-9-5-6-17-8-9/h5-6,8,10H,3-4,7H2,1-2H3,(H2,13,16). The Labute approximate surface area is 112 Å². The predicted molar refractivity (Wildman–Crippen MR) is 76.0 cm³/mol. The molecule has 0 bridgehead atoms. The van der Waals surface area contributed by atoms with Gasteiger partial charge < -0.3 is 10.6 Å². The van der Waals surface area contributed by atoms with Crippen LogP contribution in [-0.4, -0.2) is 22.8 Å². The molecule has 0 saturated heterocycles. The first-order chi connectivity index (χ1) is 8.06. The Kier molecular flexibility index (Phi) is 5.58. The summed E-state index contributed by atoms with van der Waals surface area (Å²) in [7, 11) is 1.79. The summed E-state index contributed by atoms with van der Waals surface area (Å²) >= 11 is 6.59. The number of carbonyl (C=O) groups excluding carboxylic acids is 1. The van der Waals surface area contributed by atoms with Gasteiger partial charge in [-0.1, -0.05) is 25.6 Å². The molecule has 0 aliphatic rings. The summed E-state index contributed by atoms with van der Waals surface area (Å²) in [5.74, 6) is -0.302. The van der Waals surface area contributed by atoms with Crippen LogP contribution in [0.2, 0.25) is 0 Å². The van der Waals surface area contributed by atoms with Crippen molar-refractivity contribution >= 4 is 34.5 Å². The van der Waals surface area contributed by atoms with Crippen molar-refractivity contribution < 1.29 is 4.79 Å². The summed E-state index contributed by atoms with van der Waals surface area (Å²) in [6.45, 7) is 2.64. The quantitative estimate of drug-likeness (QED) is 0.807. The molecule has 0 aliphatic heterocycles. The van der Waals surface area contributed by atoms with Crippen molar-refractivity contribution in [2.24, 2.45) is 11.7 Å². The fourth-order valence-corrected chi connectivity index (χ4v) is 2.56. The molecule has 0 radical (unpaired) electrons. The summed E-state index contributed by atoms with van der Waals surface area (Å²) in [5, 5.41) is 4.05. The van der Waals surface area contributed by atoms with Gasteiger partial charge in [0, 0.05) is 13.6 Å². The number of hydrogen-bond donors (Lipinski definition) is 1. The van der Waals surface area contributed by atoms with E-state index in [9.17, 15) is 4.79 Å². The Morgan fingerprint density at radius 2 is 2.35 bits per heavy atom. The lowest BCUT2D eigenvalue weighted by Crippen LogP contribution is -2.38. The second kappa shape index (κ2) is 6.71. The van der Waals surface area contributed by atoms with Gasteiger partial charge in [-0.15, -0.1) is 0 Å². The zero-order valence-corrected chi connectivity index (χ0v) is 11.8. The predicted octanol–water partition coefficient (Wildman–Crippen LogP) is 2.41. The Morgan fingerprint density at radius 1 is 1.65 bits per heavy atom. The van der Waals surface area contributed by atoms with E-state index in [-0.39, 0.29) is 11.8 Å². The maximum atomic E-state index is 12.2. The fourth-order valence-electron chi connectivity index (χ4n) is 1.68. The smallest absolute Gasteiger partial charge is 0.232 e. The van der Waals surface area contributed by atoms with E-state index in [2.05, 4.69) is 0 Å². The van der Waals surface area contributed by atoms with Crippen LogP contribution in [0.25, 0.3) is 0 Å². The number of nitrogens with zero attached hydrogens (tertiary/aromatic N) is 1. The fraction of sp³-hybridized carbons (Fsp3) is 0.500. The molecule has 1 unspecified atom stereocenters. The SMILES string of the molecule is CCCC(C(=O)N(C)Cc1ccsc1)C(N)=S. The molecule has 0 aliphatic carbocycles. The monoisotopic (exact) mass is 270 g/mol. The molecule has 0 fully saturated rings. The van der Waals surface area contributed by atoms with E-state index in [1.807, 2.05) is 23.8 Å². The minimum atomic E-state index is -0.321. The van der Waals surface area contributed by atoms with E-state index in [4.69, 9.17) is 18.0 Å². The van der Waals surface area contributed by atoms with Crippen LogP contribution in [0.4, 0.5) is 0 Å². The van der Waals surface area contributed by atoms with Gasteiger partial charge in [0.25, 0.3) is 0 Å². The van der Waals surface area contributed by atoms with Crippen molar-refractivity contribution in [1.82, 2.24) is 4.90 Å². The molecule has 17 heavy (non-hydrogen) atoms. The Bertz CT molecular complexity index is 376. The van der Waals surface area contributed by atoms with Crippen molar-refractivity contribution in [2.75, 3.05) is 7.05 Å². The van der Waals surface area contributed by atoms with E-state index < -0.39 is 0 Å². The van der Waals surface area contributed by atoms with Crippen molar-refractivity contribution in [3.05, 3.63) is 22.4 Å². The van der Waals surface area contributed by atoms with E-state index in [0.717, 1.165) is 18.4 Å². The van der Waals surface area contributed by atoms with Crippen LogP contribution in [0, 0.1) is 5.92 Å². The number of carbonyl (C=O) groups is 1. The summed E-state index contributed by atoms with van der Waals surface area (Å²) in [6.07, 6.45) is 1.63. The largest absolute Gasteiger partial charge is 0.393 e. The molecule has 1 aromatic heterocycles. The normalized spacial score (nSPS) is 12.1. The molecule has 94 valence electrons. The third-order valence-electron chi connectivity index (χ3n) is 2.59. The lowest BCUT2D eigenvalue weighted by molar-refractivity contribution is -0.132. The summed E-state index contributed by atoms with van der Waals surface area (Å²) < 4.78 is 0. The number of rotatable bonds is 6. The lowest BCUT2D eigenvalue weighted by Gasteiger charge is -2.22. The first kappa shape index (κ1) is 14.1. The second-order valence-electron chi connectivity index (χ2n) is 4.07. The van der Waals surface area contributed by atoms with Crippen LogP contribution in [-0.2, 0) is 11.3 Å².